The van der Waals surface area contributed by atoms with Gasteiger partial charge < -0.3 is 20.1 Å². The van der Waals surface area contributed by atoms with Gasteiger partial charge in [0, 0.05) is 6.54 Å². The summed E-state index contributed by atoms with van der Waals surface area (Å²) in [5.74, 6) is 1.27. The summed E-state index contributed by atoms with van der Waals surface area (Å²) in [7, 11) is 1.62. The van der Waals surface area contributed by atoms with Crippen LogP contribution in [0.4, 0.5) is 0 Å². The maximum absolute atomic E-state index is 12.0. The lowest BCUT2D eigenvalue weighted by molar-refractivity contribution is -0.119. The number of nitrogens with one attached hydrogen (secondary N) is 2. The molecule has 1 amide bonds. The molecule has 6 heteroatoms. The van der Waals surface area contributed by atoms with Gasteiger partial charge in [0.15, 0.2) is 16.6 Å². The summed E-state index contributed by atoms with van der Waals surface area (Å²) in [6, 6.07) is 15.3. The van der Waals surface area contributed by atoms with Crippen molar-refractivity contribution in [3.05, 3.63) is 59.7 Å². The quantitative estimate of drug-likeness (QED) is 0.509. The fraction of sp³-hybridized carbons (Fsp3) is 0.333. The van der Waals surface area contributed by atoms with E-state index in [2.05, 4.69) is 17.6 Å². The van der Waals surface area contributed by atoms with Gasteiger partial charge in [-0.15, -0.1) is 0 Å². The molecule has 0 bridgehead atoms. The smallest absolute Gasteiger partial charge is 0.230 e. The zero-order valence-electron chi connectivity index (χ0n) is 15.8. The van der Waals surface area contributed by atoms with E-state index in [-0.39, 0.29) is 5.91 Å². The van der Waals surface area contributed by atoms with Crippen molar-refractivity contribution in [2.75, 3.05) is 13.7 Å². The third-order valence-electron chi connectivity index (χ3n) is 3.90. The molecule has 0 heterocycles. The molecule has 0 radical (unpaired) electrons. The number of rotatable bonds is 9. The number of ether oxygens (including phenoxy) is 2. The Labute approximate surface area is 166 Å². The number of hydrogen-bond acceptors (Lipinski definition) is 4. The SMILES string of the molecule is CCCCOc1ccc(CNC(=S)NC(=O)Cc2ccccc2)cc1OC. The van der Waals surface area contributed by atoms with Crippen LogP contribution in [0.5, 0.6) is 11.5 Å². The van der Waals surface area contributed by atoms with E-state index in [1.165, 1.54) is 0 Å². The standard InChI is InChI=1S/C21H26N2O3S/c1-3-4-12-26-18-11-10-17(13-19(18)25-2)15-22-21(27)23-20(24)14-16-8-6-5-7-9-16/h5-11,13H,3-4,12,14-15H2,1-2H3,(H2,22,23,24,27). The van der Waals surface area contributed by atoms with Crippen molar-refractivity contribution in [3.63, 3.8) is 0 Å². The molecule has 0 saturated heterocycles. The highest BCUT2D eigenvalue weighted by Crippen LogP contribution is 2.28. The van der Waals surface area contributed by atoms with Crippen molar-refractivity contribution in [2.45, 2.75) is 32.7 Å². The van der Waals surface area contributed by atoms with Crippen LogP contribution < -0.4 is 20.1 Å². The molecule has 0 aromatic heterocycles. The van der Waals surface area contributed by atoms with E-state index < -0.39 is 0 Å². The van der Waals surface area contributed by atoms with Crippen LogP contribution in [0.1, 0.15) is 30.9 Å². The number of unbranched alkanes of at least 4 members (excludes halogenated alkanes) is 1. The molecule has 27 heavy (non-hydrogen) atoms. The maximum Gasteiger partial charge on any atom is 0.230 e. The maximum atomic E-state index is 12.0. The van der Waals surface area contributed by atoms with E-state index in [1.54, 1.807) is 7.11 Å². The summed E-state index contributed by atoms with van der Waals surface area (Å²) in [5, 5.41) is 6.04. The summed E-state index contributed by atoms with van der Waals surface area (Å²) >= 11 is 5.20. The molecule has 2 aromatic rings. The molecule has 2 rings (SSSR count). The number of amides is 1. The van der Waals surface area contributed by atoms with Gasteiger partial charge in [-0.05, 0) is 41.9 Å². The molecule has 2 N–H and O–H groups in total. The Morgan fingerprint density at radius 2 is 1.85 bits per heavy atom. The van der Waals surface area contributed by atoms with Gasteiger partial charge in [0.05, 0.1) is 20.1 Å². The normalized spacial score (nSPS) is 10.1. The van der Waals surface area contributed by atoms with Crippen LogP contribution in [0, 0.1) is 0 Å². The Balaban J connectivity index is 1.82. The molecule has 0 aliphatic rings. The Kier molecular flexibility index (Phi) is 8.58. The molecule has 144 valence electrons. The lowest BCUT2D eigenvalue weighted by Crippen LogP contribution is -2.39. The second-order valence-electron chi connectivity index (χ2n) is 6.08. The van der Waals surface area contributed by atoms with Gasteiger partial charge in [0.2, 0.25) is 5.91 Å². The number of thiocarbonyl (C=S) groups is 1. The third-order valence-corrected chi connectivity index (χ3v) is 4.14. The predicted molar refractivity (Wildman–Crippen MR) is 111 cm³/mol. The van der Waals surface area contributed by atoms with E-state index in [1.807, 2.05) is 48.5 Å². The summed E-state index contributed by atoms with van der Waals surface area (Å²) in [4.78, 5) is 12.0. The highest BCUT2D eigenvalue weighted by Gasteiger charge is 2.08. The number of methoxy groups -OCH3 is 1. The monoisotopic (exact) mass is 386 g/mol. The van der Waals surface area contributed by atoms with Gasteiger partial charge in [0.1, 0.15) is 0 Å². The topological polar surface area (TPSA) is 59.6 Å². The first kappa shape index (κ1) is 20.7. The predicted octanol–water partition coefficient (Wildman–Crippen LogP) is 3.61. The summed E-state index contributed by atoms with van der Waals surface area (Å²) in [6.07, 6.45) is 2.38. The van der Waals surface area contributed by atoms with Gasteiger partial charge in [-0.2, -0.15) is 0 Å². The highest BCUT2D eigenvalue weighted by atomic mass is 32.1. The molecule has 0 unspecified atom stereocenters. The number of carbonyl (C=O) groups excluding carboxylic acids is 1. The fourth-order valence-corrected chi connectivity index (χ4v) is 2.63. The summed E-state index contributed by atoms with van der Waals surface area (Å²) in [6.45, 7) is 3.27. The third kappa shape index (κ3) is 7.27. The number of hydrogen-bond donors (Lipinski definition) is 2. The number of benzene rings is 2. The van der Waals surface area contributed by atoms with E-state index in [4.69, 9.17) is 21.7 Å². The Bertz CT molecular complexity index is 750. The van der Waals surface area contributed by atoms with Crippen molar-refractivity contribution in [3.8, 4) is 11.5 Å². The molecule has 0 atom stereocenters. The van der Waals surface area contributed by atoms with Crippen LogP contribution in [-0.2, 0) is 17.8 Å². The first-order valence-electron chi connectivity index (χ1n) is 9.03. The van der Waals surface area contributed by atoms with Gasteiger partial charge in [0.25, 0.3) is 0 Å². The van der Waals surface area contributed by atoms with Crippen LogP contribution >= 0.6 is 12.2 Å². The van der Waals surface area contributed by atoms with Crippen LogP contribution in [0.25, 0.3) is 0 Å². The van der Waals surface area contributed by atoms with Gasteiger partial charge >= 0.3 is 0 Å². The first-order valence-corrected chi connectivity index (χ1v) is 9.44. The minimum Gasteiger partial charge on any atom is -0.493 e. The van der Waals surface area contributed by atoms with E-state index in [9.17, 15) is 4.79 Å². The Morgan fingerprint density at radius 3 is 2.56 bits per heavy atom. The lowest BCUT2D eigenvalue weighted by atomic mass is 10.1. The summed E-state index contributed by atoms with van der Waals surface area (Å²) < 4.78 is 11.1. The van der Waals surface area contributed by atoms with Crippen LogP contribution in [-0.4, -0.2) is 24.7 Å². The van der Waals surface area contributed by atoms with Crippen LogP contribution in [0.15, 0.2) is 48.5 Å². The minimum atomic E-state index is -0.143. The van der Waals surface area contributed by atoms with Crippen molar-refractivity contribution < 1.29 is 14.3 Å². The van der Waals surface area contributed by atoms with Gasteiger partial charge in [-0.3, -0.25) is 4.79 Å². The van der Waals surface area contributed by atoms with Crippen LogP contribution in [0.2, 0.25) is 0 Å². The largest absolute Gasteiger partial charge is 0.493 e. The molecule has 0 saturated carbocycles. The zero-order chi connectivity index (χ0) is 19.5. The molecule has 0 spiro atoms. The molecular formula is C21H26N2O3S. The highest BCUT2D eigenvalue weighted by molar-refractivity contribution is 7.80. The van der Waals surface area contributed by atoms with Crippen LogP contribution in [0.3, 0.4) is 0 Å². The molecule has 0 aliphatic carbocycles. The van der Waals surface area contributed by atoms with E-state index in [0.717, 1.165) is 29.7 Å². The molecule has 0 aliphatic heterocycles. The minimum absolute atomic E-state index is 0.143. The molecule has 5 nitrogen and oxygen atoms in total. The van der Waals surface area contributed by atoms with Gasteiger partial charge in [-0.1, -0.05) is 49.7 Å². The molecular weight excluding hydrogens is 360 g/mol. The molecule has 2 aromatic carbocycles. The first-order chi connectivity index (χ1) is 13.1. The zero-order valence-corrected chi connectivity index (χ0v) is 16.6. The average molecular weight is 387 g/mol. The van der Waals surface area contributed by atoms with Crippen molar-refractivity contribution in [1.29, 1.82) is 0 Å². The van der Waals surface area contributed by atoms with Crippen molar-refractivity contribution in [1.82, 2.24) is 10.6 Å². The van der Waals surface area contributed by atoms with E-state index in [0.29, 0.717) is 30.4 Å². The summed E-state index contributed by atoms with van der Waals surface area (Å²) in [5.41, 5.74) is 1.93. The second-order valence-corrected chi connectivity index (χ2v) is 6.49. The Morgan fingerprint density at radius 1 is 1.07 bits per heavy atom. The van der Waals surface area contributed by atoms with Crippen molar-refractivity contribution >= 4 is 23.2 Å². The Hall–Kier alpha value is -2.60. The molecule has 0 fully saturated rings. The fourth-order valence-electron chi connectivity index (χ4n) is 2.45. The second kappa shape index (κ2) is 11.2. The average Bonchev–Trinajstić information content (AvgIpc) is 2.67. The lowest BCUT2D eigenvalue weighted by Gasteiger charge is -2.13. The number of carbonyl (C=O) groups is 1. The van der Waals surface area contributed by atoms with Crippen molar-refractivity contribution in [2.24, 2.45) is 0 Å². The van der Waals surface area contributed by atoms with E-state index >= 15 is 0 Å². The van der Waals surface area contributed by atoms with Gasteiger partial charge in [-0.25, -0.2) is 0 Å².